The van der Waals surface area contributed by atoms with Crippen LogP contribution < -0.4 is 5.32 Å². The van der Waals surface area contributed by atoms with Gasteiger partial charge in [-0.15, -0.1) is 0 Å². The molecular formula is C12H17ClN2O2. The minimum absolute atomic E-state index is 0.0342. The number of hydrogen-bond donors (Lipinski definition) is 1. The summed E-state index contributed by atoms with van der Waals surface area (Å²) in [6.07, 6.45) is 0.953. The first kappa shape index (κ1) is 13.9. The van der Waals surface area contributed by atoms with Gasteiger partial charge in [-0.05, 0) is 32.4 Å². The lowest BCUT2D eigenvalue weighted by molar-refractivity contribution is -0.385. The molecule has 0 unspecified atom stereocenters. The molecule has 1 aromatic rings. The monoisotopic (exact) mass is 256 g/mol. The van der Waals surface area contributed by atoms with Gasteiger partial charge in [-0.1, -0.05) is 18.5 Å². The van der Waals surface area contributed by atoms with Crippen molar-refractivity contribution >= 4 is 17.3 Å². The summed E-state index contributed by atoms with van der Waals surface area (Å²) < 4.78 is 0. The Morgan fingerprint density at radius 1 is 1.47 bits per heavy atom. The summed E-state index contributed by atoms with van der Waals surface area (Å²) in [7, 11) is 0. The van der Waals surface area contributed by atoms with Crippen molar-refractivity contribution in [2.45, 2.75) is 39.3 Å². The van der Waals surface area contributed by atoms with Gasteiger partial charge in [0, 0.05) is 28.7 Å². The van der Waals surface area contributed by atoms with Crippen LogP contribution in [0.3, 0.4) is 0 Å². The summed E-state index contributed by atoms with van der Waals surface area (Å²) in [5.74, 6) is 0. The van der Waals surface area contributed by atoms with Gasteiger partial charge < -0.3 is 5.32 Å². The average Bonchev–Trinajstić information content (AvgIpc) is 2.27. The molecule has 4 nitrogen and oxygen atoms in total. The molecule has 0 bridgehead atoms. The molecule has 0 fully saturated rings. The standard InChI is InChI=1S/C12H17ClN2O2/c1-4-12(2,3)14-8-9-5-6-10(13)7-11(9)15(16)17/h5-7,14H,4,8H2,1-3H3. The molecule has 0 amide bonds. The van der Waals surface area contributed by atoms with E-state index < -0.39 is 4.92 Å². The number of nitro benzene ring substituents is 1. The highest BCUT2D eigenvalue weighted by atomic mass is 35.5. The quantitative estimate of drug-likeness (QED) is 0.648. The van der Waals surface area contributed by atoms with Crippen LogP contribution in [0, 0.1) is 10.1 Å². The van der Waals surface area contributed by atoms with E-state index in [1.54, 1.807) is 12.1 Å². The lowest BCUT2D eigenvalue weighted by Crippen LogP contribution is -2.37. The summed E-state index contributed by atoms with van der Waals surface area (Å²) in [5, 5.41) is 14.6. The smallest absolute Gasteiger partial charge is 0.275 e. The van der Waals surface area contributed by atoms with Crippen molar-refractivity contribution in [3.63, 3.8) is 0 Å². The fraction of sp³-hybridized carbons (Fsp3) is 0.500. The van der Waals surface area contributed by atoms with Crippen molar-refractivity contribution in [3.8, 4) is 0 Å². The van der Waals surface area contributed by atoms with E-state index in [9.17, 15) is 10.1 Å². The van der Waals surface area contributed by atoms with E-state index >= 15 is 0 Å². The number of benzene rings is 1. The van der Waals surface area contributed by atoms with Crippen LogP contribution in [0.1, 0.15) is 32.8 Å². The molecule has 17 heavy (non-hydrogen) atoms. The summed E-state index contributed by atoms with van der Waals surface area (Å²) in [6.45, 7) is 6.67. The van der Waals surface area contributed by atoms with Crippen LogP contribution in [-0.4, -0.2) is 10.5 Å². The second-order valence-electron chi connectivity index (χ2n) is 4.62. The van der Waals surface area contributed by atoms with Crippen LogP contribution in [0.5, 0.6) is 0 Å². The average molecular weight is 257 g/mol. The Hall–Kier alpha value is -1.13. The summed E-state index contributed by atoms with van der Waals surface area (Å²) in [5.41, 5.74) is 0.686. The van der Waals surface area contributed by atoms with E-state index in [2.05, 4.69) is 26.1 Å². The van der Waals surface area contributed by atoms with E-state index in [1.807, 2.05) is 0 Å². The molecule has 0 saturated carbocycles. The minimum Gasteiger partial charge on any atom is -0.307 e. The van der Waals surface area contributed by atoms with Gasteiger partial charge in [0.15, 0.2) is 0 Å². The van der Waals surface area contributed by atoms with E-state index in [-0.39, 0.29) is 11.2 Å². The Kier molecular flexibility index (Phi) is 4.48. The van der Waals surface area contributed by atoms with Gasteiger partial charge in [0.25, 0.3) is 5.69 Å². The van der Waals surface area contributed by atoms with Crippen molar-refractivity contribution in [3.05, 3.63) is 38.9 Å². The van der Waals surface area contributed by atoms with Crippen LogP contribution in [0.15, 0.2) is 18.2 Å². The molecule has 1 rings (SSSR count). The minimum atomic E-state index is -0.401. The zero-order valence-corrected chi connectivity index (χ0v) is 11.0. The van der Waals surface area contributed by atoms with Crippen molar-refractivity contribution in [2.24, 2.45) is 0 Å². The second-order valence-corrected chi connectivity index (χ2v) is 5.06. The van der Waals surface area contributed by atoms with Gasteiger partial charge in [-0.2, -0.15) is 0 Å². The second kappa shape index (κ2) is 5.47. The van der Waals surface area contributed by atoms with E-state index in [0.717, 1.165) is 6.42 Å². The van der Waals surface area contributed by atoms with Crippen molar-refractivity contribution in [2.75, 3.05) is 0 Å². The Morgan fingerprint density at radius 2 is 2.12 bits per heavy atom. The largest absolute Gasteiger partial charge is 0.307 e. The number of nitrogens with zero attached hydrogens (tertiary/aromatic N) is 1. The van der Waals surface area contributed by atoms with Crippen molar-refractivity contribution < 1.29 is 4.92 Å². The molecule has 5 heteroatoms. The highest BCUT2D eigenvalue weighted by Gasteiger charge is 2.18. The van der Waals surface area contributed by atoms with Crippen LogP contribution in [0.2, 0.25) is 5.02 Å². The van der Waals surface area contributed by atoms with Crippen LogP contribution in [-0.2, 0) is 6.54 Å². The first-order valence-electron chi connectivity index (χ1n) is 5.53. The Labute approximate surface area is 106 Å². The SMILES string of the molecule is CCC(C)(C)NCc1ccc(Cl)cc1[N+](=O)[O-]. The fourth-order valence-corrected chi connectivity index (χ4v) is 1.48. The Morgan fingerprint density at radius 3 is 2.65 bits per heavy atom. The number of rotatable bonds is 5. The number of halogens is 1. The molecule has 1 N–H and O–H groups in total. The maximum atomic E-state index is 10.9. The normalized spacial score (nSPS) is 11.5. The molecule has 1 aromatic carbocycles. The molecule has 0 aliphatic rings. The van der Waals surface area contributed by atoms with Crippen molar-refractivity contribution in [1.82, 2.24) is 5.32 Å². The zero-order chi connectivity index (χ0) is 13.1. The zero-order valence-electron chi connectivity index (χ0n) is 10.3. The maximum absolute atomic E-state index is 10.9. The van der Waals surface area contributed by atoms with Crippen molar-refractivity contribution in [1.29, 1.82) is 0 Å². The molecule has 0 aliphatic heterocycles. The predicted molar refractivity (Wildman–Crippen MR) is 69.3 cm³/mol. The number of nitro groups is 1. The van der Waals surface area contributed by atoms with Crippen LogP contribution >= 0.6 is 11.6 Å². The molecule has 0 atom stereocenters. The molecular weight excluding hydrogens is 240 g/mol. The molecule has 0 aliphatic carbocycles. The van der Waals surface area contributed by atoms with E-state index in [1.165, 1.54) is 6.07 Å². The van der Waals surface area contributed by atoms with Gasteiger partial charge in [0.1, 0.15) is 0 Å². The first-order valence-corrected chi connectivity index (χ1v) is 5.91. The third-order valence-corrected chi connectivity index (χ3v) is 3.12. The Bertz CT molecular complexity index is 419. The third kappa shape index (κ3) is 3.98. The van der Waals surface area contributed by atoms with Crippen LogP contribution in [0.4, 0.5) is 5.69 Å². The highest BCUT2D eigenvalue weighted by molar-refractivity contribution is 6.30. The lowest BCUT2D eigenvalue weighted by atomic mass is 10.0. The van der Waals surface area contributed by atoms with Crippen LogP contribution in [0.25, 0.3) is 0 Å². The van der Waals surface area contributed by atoms with E-state index in [4.69, 9.17) is 11.6 Å². The molecule has 94 valence electrons. The molecule has 0 radical (unpaired) electrons. The van der Waals surface area contributed by atoms with E-state index in [0.29, 0.717) is 17.1 Å². The summed E-state index contributed by atoms with van der Waals surface area (Å²) in [4.78, 5) is 10.5. The summed E-state index contributed by atoms with van der Waals surface area (Å²) >= 11 is 5.75. The third-order valence-electron chi connectivity index (χ3n) is 2.89. The molecule has 0 spiro atoms. The maximum Gasteiger partial charge on any atom is 0.275 e. The molecule has 0 aromatic heterocycles. The van der Waals surface area contributed by atoms with Gasteiger partial charge in [0.2, 0.25) is 0 Å². The Balaban J connectivity index is 2.88. The fourth-order valence-electron chi connectivity index (χ4n) is 1.32. The molecule has 0 saturated heterocycles. The predicted octanol–water partition coefficient (Wildman–Crippen LogP) is 3.53. The molecule has 0 heterocycles. The van der Waals surface area contributed by atoms with Gasteiger partial charge >= 0.3 is 0 Å². The topological polar surface area (TPSA) is 55.2 Å². The van der Waals surface area contributed by atoms with Gasteiger partial charge in [-0.25, -0.2) is 0 Å². The summed E-state index contributed by atoms with van der Waals surface area (Å²) in [6, 6.07) is 4.75. The number of hydrogen-bond acceptors (Lipinski definition) is 3. The lowest BCUT2D eigenvalue weighted by Gasteiger charge is -2.24. The first-order chi connectivity index (χ1) is 7.85. The van der Waals surface area contributed by atoms with Gasteiger partial charge in [0.05, 0.1) is 4.92 Å². The number of nitrogens with one attached hydrogen (secondary N) is 1. The van der Waals surface area contributed by atoms with Gasteiger partial charge in [-0.3, -0.25) is 10.1 Å². The highest BCUT2D eigenvalue weighted by Crippen LogP contribution is 2.23.